The van der Waals surface area contributed by atoms with Gasteiger partial charge in [-0.2, -0.15) is 4.99 Å². The van der Waals surface area contributed by atoms with Gasteiger partial charge in [0.1, 0.15) is 17.5 Å². The minimum absolute atomic E-state index is 0.0397. The van der Waals surface area contributed by atoms with E-state index in [-0.39, 0.29) is 23.8 Å². The van der Waals surface area contributed by atoms with E-state index in [0.717, 1.165) is 12.1 Å². The van der Waals surface area contributed by atoms with Gasteiger partial charge in [-0.05, 0) is 19.1 Å². The summed E-state index contributed by atoms with van der Waals surface area (Å²) in [6.07, 6.45) is 0. The van der Waals surface area contributed by atoms with Gasteiger partial charge in [0.15, 0.2) is 0 Å². The molecule has 0 saturated carbocycles. The average molecular weight is 298 g/mol. The molecule has 6 nitrogen and oxygen atoms in total. The number of nitrogens with zero attached hydrogens (tertiary/aromatic N) is 4. The number of rotatable bonds is 3. The fraction of sp³-hybridized carbons (Fsp3) is 0.385. The Balaban J connectivity index is 3.14. The zero-order chi connectivity index (χ0) is 16.2. The van der Waals surface area contributed by atoms with Crippen LogP contribution in [-0.4, -0.2) is 43.0 Å². The minimum atomic E-state index is -0.704. The van der Waals surface area contributed by atoms with Crippen molar-refractivity contribution in [2.45, 2.75) is 13.5 Å². The molecule has 0 saturated heterocycles. The van der Waals surface area contributed by atoms with Crippen molar-refractivity contribution in [2.24, 2.45) is 15.7 Å². The van der Waals surface area contributed by atoms with Crippen molar-refractivity contribution in [3.8, 4) is 0 Å². The molecule has 0 aromatic heterocycles. The summed E-state index contributed by atoms with van der Waals surface area (Å²) in [5.41, 5.74) is 10.9. The summed E-state index contributed by atoms with van der Waals surface area (Å²) in [6, 6.07) is 2.17. The van der Waals surface area contributed by atoms with Crippen molar-refractivity contribution in [2.75, 3.05) is 26.9 Å². The normalized spacial score (nSPS) is 12.9. The number of nitrogens with two attached hydrogens (primary N) is 2. The van der Waals surface area contributed by atoms with Crippen LogP contribution in [0.25, 0.3) is 0 Å². The molecule has 1 rings (SSSR count). The first kappa shape index (κ1) is 16.8. The Morgan fingerprint density at radius 2 is 1.76 bits per heavy atom. The molecule has 0 aliphatic carbocycles. The second-order valence-corrected chi connectivity index (χ2v) is 4.61. The highest BCUT2D eigenvalue weighted by molar-refractivity contribution is 5.93. The van der Waals surface area contributed by atoms with Crippen LogP contribution in [0.2, 0.25) is 0 Å². The molecule has 21 heavy (non-hydrogen) atoms. The lowest BCUT2D eigenvalue weighted by molar-refractivity contribution is 0.0987. The van der Waals surface area contributed by atoms with Crippen LogP contribution in [0.4, 0.5) is 14.5 Å². The predicted molar refractivity (Wildman–Crippen MR) is 80.7 cm³/mol. The molecular formula is C13H20F2N6. The third-order valence-electron chi connectivity index (χ3n) is 2.83. The third kappa shape index (κ3) is 4.38. The van der Waals surface area contributed by atoms with E-state index >= 15 is 0 Å². The predicted octanol–water partition coefficient (Wildman–Crippen LogP) is 1.19. The fourth-order valence-corrected chi connectivity index (χ4v) is 1.74. The van der Waals surface area contributed by atoms with Gasteiger partial charge in [-0.1, -0.05) is 0 Å². The highest BCUT2D eigenvalue weighted by atomic mass is 19.1. The molecule has 0 spiro atoms. The van der Waals surface area contributed by atoms with Crippen LogP contribution in [0.1, 0.15) is 12.5 Å². The van der Waals surface area contributed by atoms with Crippen molar-refractivity contribution in [1.82, 2.24) is 10.0 Å². The van der Waals surface area contributed by atoms with Gasteiger partial charge in [-0.15, -0.1) is 0 Å². The summed E-state index contributed by atoms with van der Waals surface area (Å²) >= 11 is 0. The summed E-state index contributed by atoms with van der Waals surface area (Å²) in [5, 5.41) is 3.22. The van der Waals surface area contributed by atoms with E-state index in [1.54, 1.807) is 31.0 Å². The molecule has 0 atom stereocenters. The average Bonchev–Trinajstić information content (AvgIpc) is 2.36. The molecule has 0 bridgehead atoms. The Morgan fingerprint density at radius 3 is 2.19 bits per heavy atom. The van der Waals surface area contributed by atoms with E-state index in [1.807, 2.05) is 0 Å². The fourth-order valence-electron chi connectivity index (χ4n) is 1.74. The maximum Gasteiger partial charge on any atom is 0.216 e. The SMILES string of the molecule is CN=C(N)N=C(C)N(Cc1c(F)cc(N)cc1F)N(C)C. The molecule has 0 heterocycles. The monoisotopic (exact) mass is 298 g/mol. The largest absolute Gasteiger partial charge is 0.399 e. The Kier molecular flexibility index (Phi) is 5.60. The summed E-state index contributed by atoms with van der Waals surface area (Å²) in [6.45, 7) is 1.63. The molecule has 1 aromatic carbocycles. The second-order valence-electron chi connectivity index (χ2n) is 4.61. The number of benzene rings is 1. The molecule has 0 amide bonds. The maximum absolute atomic E-state index is 13.9. The van der Waals surface area contributed by atoms with Crippen LogP contribution >= 0.6 is 0 Å². The van der Waals surface area contributed by atoms with Gasteiger partial charge in [-0.25, -0.2) is 13.8 Å². The lowest BCUT2D eigenvalue weighted by atomic mass is 10.1. The van der Waals surface area contributed by atoms with Crippen LogP contribution in [0, 0.1) is 11.6 Å². The highest BCUT2D eigenvalue weighted by Gasteiger charge is 2.17. The first-order chi connectivity index (χ1) is 9.76. The molecule has 4 N–H and O–H groups in total. The molecule has 8 heteroatoms. The Labute approximate surface area is 122 Å². The molecule has 0 unspecified atom stereocenters. The summed E-state index contributed by atoms with van der Waals surface area (Å²) in [4.78, 5) is 7.77. The molecule has 1 aromatic rings. The van der Waals surface area contributed by atoms with Crippen molar-refractivity contribution < 1.29 is 8.78 Å². The third-order valence-corrected chi connectivity index (χ3v) is 2.83. The second kappa shape index (κ2) is 6.98. The molecular weight excluding hydrogens is 278 g/mol. The van der Waals surface area contributed by atoms with Gasteiger partial charge in [0, 0.05) is 32.4 Å². The number of hydrazine groups is 1. The van der Waals surface area contributed by atoms with E-state index in [1.165, 1.54) is 7.05 Å². The van der Waals surface area contributed by atoms with E-state index in [2.05, 4.69) is 9.98 Å². The first-order valence-electron chi connectivity index (χ1n) is 6.22. The van der Waals surface area contributed by atoms with Gasteiger partial charge in [0.05, 0.1) is 6.54 Å². The summed E-state index contributed by atoms with van der Waals surface area (Å²) < 4.78 is 27.7. The molecule has 0 aliphatic rings. The number of guanidine groups is 1. The molecule has 0 aliphatic heterocycles. The van der Waals surface area contributed by atoms with Crippen molar-refractivity contribution in [1.29, 1.82) is 0 Å². The van der Waals surface area contributed by atoms with Gasteiger partial charge in [0.2, 0.25) is 5.96 Å². The molecule has 0 radical (unpaired) electrons. The topological polar surface area (TPSA) is 83.2 Å². The Hall–Kier alpha value is -2.22. The quantitative estimate of drug-likeness (QED) is 0.380. The van der Waals surface area contributed by atoms with Gasteiger partial charge in [0.25, 0.3) is 0 Å². The van der Waals surface area contributed by atoms with Gasteiger partial charge in [-0.3, -0.25) is 10.0 Å². The van der Waals surface area contributed by atoms with E-state index in [4.69, 9.17) is 11.5 Å². The van der Waals surface area contributed by atoms with Crippen LogP contribution in [0.3, 0.4) is 0 Å². The number of anilines is 1. The van der Waals surface area contributed by atoms with Crippen molar-refractivity contribution >= 4 is 17.5 Å². The smallest absolute Gasteiger partial charge is 0.216 e. The summed E-state index contributed by atoms with van der Waals surface area (Å²) in [7, 11) is 4.96. The van der Waals surface area contributed by atoms with Crippen molar-refractivity contribution in [3.63, 3.8) is 0 Å². The van der Waals surface area contributed by atoms with E-state index in [9.17, 15) is 8.78 Å². The lowest BCUT2D eigenvalue weighted by Crippen LogP contribution is -2.41. The Bertz CT molecular complexity index is 545. The minimum Gasteiger partial charge on any atom is -0.399 e. The number of amidine groups is 1. The maximum atomic E-state index is 13.9. The number of hydrogen-bond donors (Lipinski definition) is 2. The molecule has 0 fully saturated rings. The first-order valence-corrected chi connectivity index (χ1v) is 6.22. The van der Waals surface area contributed by atoms with Crippen molar-refractivity contribution in [3.05, 3.63) is 29.3 Å². The highest BCUT2D eigenvalue weighted by Crippen LogP contribution is 2.19. The number of aliphatic imine (C=N–C) groups is 2. The molecule has 116 valence electrons. The number of halogens is 2. The van der Waals surface area contributed by atoms with Gasteiger partial charge < -0.3 is 11.5 Å². The zero-order valence-corrected chi connectivity index (χ0v) is 12.6. The number of nitrogen functional groups attached to an aromatic ring is 1. The van der Waals surface area contributed by atoms with Crippen LogP contribution in [-0.2, 0) is 6.54 Å². The van der Waals surface area contributed by atoms with E-state index in [0.29, 0.717) is 5.84 Å². The standard InChI is InChI=1S/C13H20F2N6/c1-8(19-13(17)18-2)21(20(3)4)7-10-11(14)5-9(16)6-12(10)15/h5-6H,7,16H2,1-4H3,(H2,17,18). The lowest BCUT2D eigenvalue weighted by Gasteiger charge is -2.30. The van der Waals surface area contributed by atoms with Crippen LogP contribution in [0.15, 0.2) is 22.1 Å². The van der Waals surface area contributed by atoms with Crippen LogP contribution in [0.5, 0.6) is 0 Å². The zero-order valence-electron chi connectivity index (χ0n) is 12.6. The number of hydrogen-bond acceptors (Lipinski definition) is 3. The van der Waals surface area contributed by atoms with E-state index < -0.39 is 11.6 Å². The van der Waals surface area contributed by atoms with Crippen LogP contribution < -0.4 is 11.5 Å². The summed E-state index contributed by atoms with van der Waals surface area (Å²) in [5.74, 6) is -0.870. The Morgan fingerprint density at radius 1 is 1.24 bits per heavy atom. The van der Waals surface area contributed by atoms with Gasteiger partial charge >= 0.3 is 0 Å².